The maximum atomic E-state index is 15.4. The Hall–Kier alpha value is -3.56. The van der Waals surface area contributed by atoms with Crippen molar-refractivity contribution in [3.63, 3.8) is 0 Å². The van der Waals surface area contributed by atoms with Gasteiger partial charge in [0.15, 0.2) is 17.4 Å². The molecule has 0 unspecified atom stereocenters. The number of fused-ring (bicyclic) bond motifs is 3. The van der Waals surface area contributed by atoms with Crippen molar-refractivity contribution >= 4 is 5.82 Å². The van der Waals surface area contributed by atoms with E-state index < -0.39 is 6.17 Å². The van der Waals surface area contributed by atoms with Crippen LogP contribution in [0.25, 0.3) is 22.6 Å². The average molecular weight is 491 g/mol. The average Bonchev–Trinajstić information content (AvgIpc) is 3.66. The first-order chi connectivity index (χ1) is 17.6. The highest BCUT2D eigenvalue weighted by atomic mass is 19.1. The van der Waals surface area contributed by atoms with Crippen LogP contribution >= 0.6 is 0 Å². The Kier molecular flexibility index (Phi) is 5.14. The van der Waals surface area contributed by atoms with Crippen LogP contribution in [0, 0.1) is 11.8 Å². The number of phenols is 1. The zero-order valence-electron chi connectivity index (χ0n) is 19.8. The van der Waals surface area contributed by atoms with E-state index in [2.05, 4.69) is 30.3 Å². The first kappa shape index (κ1) is 21.7. The van der Waals surface area contributed by atoms with Crippen molar-refractivity contribution in [1.29, 1.82) is 0 Å². The molecule has 0 radical (unpaired) electrons. The van der Waals surface area contributed by atoms with Gasteiger partial charge < -0.3 is 19.5 Å². The van der Waals surface area contributed by atoms with Gasteiger partial charge in [0, 0.05) is 17.7 Å². The van der Waals surface area contributed by atoms with E-state index in [1.165, 1.54) is 0 Å². The van der Waals surface area contributed by atoms with Crippen LogP contribution in [0.3, 0.4) is 0 Å². The van der Waals surface area contributed by atoms with Gasteiger partial charge in [-0.05, 0) is 62.5 Å². The Morgan fingerprint density at radius 1 is 0.944 bits per heavy atom. The van der Waals surface area contributed by atoms with E-state index in [1.54, 1.807) is 24.4 Å². The van der Waals surface area contributed by atoms with E-state index in [4.69, 9.17) is 9.47 Å². The number of rotatable bonds is 5. The van der Waals surface area contributed by atoms with Crippen LogP contribution in [-0.2, 0) is 0 Å². The third-order valence-electron chi connectivity index (χ3n) is 7.93. The minimum absolute atomic E-state index is 0.00506. The maximum absolute atomic E-state index is 15.4. The third kappa shape index (κ3) is 3.79. The number of anilines is 1. The summed E-state index contributed by atoms with van der Waals surface area (Å²) in [5.41, 5.74) is 1.68. The van der Waals surface area contributed by atoms with Crippen LogP contribution in [0.2, 0.25) is 0 Å². The lowest BCUT2D eigenvalue weighted by atomic mass is 9.83. The number of phenolic OH excluding ortho intramolecular Hbond substituents is 1. The summed E-state index contributed by atoms with van der Waals surface area (Å²) < 4.78 is 26.4. The lowest BCUT2D eigenvalue weighted by Crippen LogP contribution is -2.49. The van der Waals surface area contributed by atoms with Gasteiger partial charge in [0.25, 0.3) is 5.88 Å². The van der Waals surface area contributed by atoms with Gasteiger partial charge in [0.1, 0.15) is 25.1 Å². The van der Waals surface area contributed by atoms with Crippen molar-refractivity contribution in [2.75, 3.05) is 18.1 Å². The van der Waals surface area contributed by atoms with Gasteiger partial charge in [-0.2, -0.15) is 0 Å². The SMILES string of the molecule is Oc1cc(-c2cc3c(nn2)OCCO3)ccc1-c1ncc(N(C2CC2)[C@@H]2C[C@H]3CC[C@H](C3)[C@@H]2F)nn1. The van der Waals surface area contributed by atoms with Gasteiger partial charge in [-0.1, -0.05) is 6.07 Å². The highest BCUT2D eigenvalue weighted by Crippen LogP contribution is 2.47. The number of nitrogens with zero attached hydrogens (tertiary/aromatic N) is 6. The summed E-state index contributed by atoms with van der Waals surface area (Å²) in [5, 5.41) is 27.8. The summed E-state index contributed by atoms with van der Waals surface area (Å²) in [6, 6.07) is 7.04. The Morgan fingerprint density at radius 2 is 1.83 bits per heavy atom. The molecule has 2 bridgehead atoms. The number of aromatic hydroxyl groups is 1. The normalized spacial score (nSPS) is 26.6. The van der Waals surface area contributed by atoms with Crippen LogP contribution in [0.1, 0.15) is 38.5 Å². The molecule has 3 aliphatic carbocycles. The molecule has 36 heavy (non-hydrogen) atoms. The number of hydrogen-bond donors (Lipinski definition) is 1. The molecular formula is C26H27FN6O3. The minimum Gasteiger partial charge on any atom is -0.507 e. The molecular weight excluding hydrogens is 463 g/mol. The third-order valence-corrected chi connectivity index (χ3v) is 7.93. The fraction of sp³-hybridized carbons (Fsp3) is 0.500. The molecule has 3 fully saturated rings. The first-order valence-corrected chi connectivity index (χ1v) is 12.7. The van der Waals surface area contributed by atoms with E-state index in [1.807, 2.05) is 6.07 Å². The van der Waals surface area contributed by atoms with Crippen LogP contribution < -0.4 is 14.4 Å². The Bertz CT molecular complexity index is 1290. The summed E-state index contributed by atoms with van der Waals surface area (Å²) in [5.74, 6) is 2.62. The van der Waals surface area contributed by atoms with Gasteiger partial charge in [0.2, 0.25) is 0 Å². The number of aromatic nitrogens is 5. The van der Waals surface area contributed by atoms with Gasteiger partial charge in [-0.3, -0.25) is 0 Å². The molecule has 9 nitrogen and oxygen atoms in total. The van der Waals surface area contributed by atoms with Crippen molar-refractivity contribution < 1.29 is 19.0 Å². The number of hydrogen-bond acceptors (Lipinski definition) is 9. The van der Waals surface area contributed by atoms with Crippen molar-refractivity contribution in [3.05, 3.63) is 30.5 Å². The topological polar surface area (TPSA) is 106 Å². The number of halogens is 1. The highest BCUT2D eigenvalue weighted by molar-refractivity contribution is 5.72. The zero-order valence-corrected chi connectivity index (χ0v) is 19.8. The van der Waals surface area contributed by atoms with Crippen LogP contribution in [-0.4, -0.2) is 62.0 Å². The molecule has 4 atom stereocenters. The fourth-order valence-corrected chi connectivity index (χ4v) is 6.04. The molecule has 3 heterocycles. The minimum atomic E-state index is -0.828. The lowest BCUT2D eigenvalue weighted by Gasteiger charge is -2.40. The van der Waals surface area contributed by atoms with Crippen LogP contribution in [0.4, 0.5) is 10.2 Å². The summed E-state index contributed by atoms with van der Waals surface area (Å²) in [4.78, 5) is 6.65. The van der Waals surface area contributed by atoms with Crippen molar-refractivity contribution in [2.24, 2.45) is 11.8 Å². The molecule has 10 heteroatoms. The molecule has 3 aromatic rings. The van der Waals surface area contributed by atoms with Gasteiger partial charge >= 0.3 is 0 Å². The van der Waals surface area contributed by atoms with Crippen molar-refractivity contribution in [3.8, 4) is 40.0 Å². The van der Waals surface area contributed by atoms with Crippen molar-refractivity contribution in [2.45, 2.75) is 56.8 Å². The monoisotopic (exact) mass is 490 g/mol. The summed E-state index contributed by atoms with van der Waals surface area (Å²) in [6.07, 6.45) is 6.97. The summed E-state index contributed by atoms with van der Waals surface area (Å²) in [7, 11) is 0. The molecule has 1 N–H and O–H groups in total. The van der Waals surface area contributed by atoms with Crippen molar-refractivity contribution in [1.82, 2.24) is 25.4 Å². The predicted octanol–water partition coefficient (Wildman–Crippen LogP) is 3.97. The number of benzene rings is 1. The van der Waals surface area contributed by atoms with Crippen LogP contribution in [0.15, 0.2) is 30.5 Å². The van der Waals surface area contributed by atoms with E-state index >= 15 is 4.39 Å². The number of alkyl halides is 1. The Labute approximate surface area is 207 Å². The van der Waals surface area contributed by atoms with Gasteiger partial charge in [-0.15, -0.1) is 20.4 Å². The van der Waals surface area contributed by atoms with Gasteiger partial charge in [-0.25, -0.2) is 9.37 Å². The second-order valence-electron chi connectivity index (χ2n) is 10.3. The van der Waals surface area contributed by atoms with Gasteiger partial charge in [0.05, 0.1) is 23.5 Å². The molecule has 186 valence electrons. The Balaban J connectivity index is 1.14. The molecule has 3 saturated carbocycles. The second-order valence-corrected chi connectivity index (χ2v) is 10.3. The molecule has 1 aromatic carbocycles. The second kappa shape index (κ2) is 8.53. The molecule has 0 spiro atoms. The number of ether oxygens (including phenoxy) is 2. The highest BCUT2D eigenvalue weighted by Gasteiger charge is 2.48. The largest absolute Gasteiger partial charge is 0.507 e. The maximum Gasteiger partial charge on any atom is 0.276 e. The van der Waals surface area contributed by atoms with E-state index in [-0.39, 0.29) is 17.7 Å². The molecule has 7 rings (SSSR count). The predicted molar refractivity (Wildman–Crippen MR) is 129 cm³/mol. The molecule has 2 aromatic heterocycles. The molecule has 0 amide bonds. The van der Waals surface area contributed by atoms with E-state index in [0.717, 1.165) is 38.5 Å². The van der Waals surface area contributed by atoms with E-state index in [0.29, 0.717) is 65.3 Å². The quantitative estimate of drug-likeness (QED) is 0.569. The first-order valence-electron chi connectivity index (χ1n) is 12.7. The smallest absolute Gasteiger partial charge is 0.276 e. The lowest BCUT2D eigenvalue weighted by molar-refractivity contribution is 0.140. The fourth-order valence-electron chi connectivity index (χ4n) is 6.04. The van der Waals surface area contributed by atoms with E-state index in [9.17, 15) is 5.11 Å². The zero-order chi connectivity index (χ0) is 24.2. The summed E-state index contributed by atoms with van der Waals surface area (Å²) >= 11 is 0. The molecule has 4 aliphatic rings. The summed E-state index contributed by atoms with van der Waals surface area (Å²) in [6.45, 7) is 0.895. The van der Waals surface area contributed by atoms with Crippen LogP contribution in [0.5, 0.6) is 17.4 Å². The molecule has 0 saturated heterocycles. The molecule has 1 aliphatic heterocycles. The Morgan fingerprint density at radius 3 is 2.64 bits per heavy atom. The standard InChI is InChI=1S/C26H27FN6O3/c27-24-16-2-1-14(9-16)10-20(24)33(17-4-5-17)23-13-28-25(31-30-23)18-6-3-15(11-21(18)34)19-12-22-26(32-29-19)36-8-7-35-22/h3,6,11-14,16-17,20,24,34H,1-2,4-5,7-10H2/t14-,16+,20+,24-/m0/s1.